The van der Waals surface area contributed by atoms with E-state index in [9.17, 15) is 18.4 Å². The number of nitrogens with zero attached hydrogens (tertiary/aromatic N) is 2. The fourth-order valence-corrected chi connectivity index (χ4v) is 3.95. The summed E-state index contributed by atoms with van der Waals surface area (Å²) in [6, 6.07) is 3.27. The maximum Gasteiger partial charge on any atom is 0.254 e. The van der Waals surface area contributed by atoms with Crippen molar-refractivity contribution in [2.75, 3.05) is 26.3 Å². The first kappa shape index (κ1) is 18.8. The Labute approximate surface area is 151 Å². The van der Waals surface area contributed by atoms with E-state index in [-0.39, 0.29) is 29.5 Å². The van der Waals surface area contributed by atoms with Crippen LogP contribution in [0.15, 0.2) is 18.2 Å². The first-order valence-corrected chi connectivity index (χ1v) is 9.08. The first-order chi connectivity index (χ1) is 12.5. The summed E-state index contributed by atoms with van der Waals surface area (Å²) < 4.78 is 31.9. The summed E-state index contributed by atoms with van der Waals surface area (Å²) in [6.07, 6.45) is 3.20. The zero-order valence-electron chi connectivity index (χ0n) is 14.9. The van der Waals surface area contributed by atoms with Crippen molar-refractivity contribution in [1.29, 1.82) is 0 Å². The van der Waals surface area contributed by atoms with Gasteiger partial charge in [0, 0.05) is 50.9 Å². The summed E-state index contributed by atoms with van der Waals surface area (Å²) in [5.74, 6) is -2.33. The van der Waals surface area contributed by atoms with Crippen molar-refractivity contribution >= 4 is 11.8 Å². The molecule has 7 heteroatoms. The van der Waals surface area contributed by atoms with Gasteiger partial charge in [0.25, 0.3) is 5.91 Å². The largest absolute Gasteiger partial charge is 0.381 e. The molecule has 1 aromatic rings. The van der Waals surface area contributed by atoms with Gasteiger partial charge in [0.15, 0.2) is 11.6 Å². The molecule has 3 rings (SSSR count). The van der Waals surface area contributed by atoms with E-state index in [1.54, 1.807) is 11.8 Å². The first-order valence-electron chi connectivity index (χ1n) is 9.08. The number of carbonyl (C=O) groups excluding carboxylic acids is 2. The molecule has 1 atom stereocenters. The van der Waals surface area contributed by atoms with E-state index >= 15 is 0 Å². The Morgan fingerprint density at radius 2 is 1.85 bits per heavy atom. The minimum atomic E-state index is -1.03. The van der Waals surface area contributed by atoms with Crippen molar-refractivity contribution in [2.24, 2.45) is 0 Å². The Kier molecular flexibility index (Phi) is 5.86. The molecule has 0 saturated carbocycles. The van der Waals surface area contributed by atoms with E-state index in [1.807, 2.05) is 4.90 Å². The summed E-state index contributed by atoms with van der Waals surface area (Å²) >= 11 is 0. The molecule has 0 N–H and O–H groups in total. The van der Waals surface area contributed by atoms with Crippen LogP contribution in [0.4, 0.5) is 8.78 Å². The minimum absolute atomic E-state index is 0.00373. The summed E-state index contributed by atoms with van der Waals surface area (Å²) in [5.41, 5.74) is 0.130. The fraction of sp³-hybridized carbons (Fsp3) is 0.579. The van der Waals surface area contributed by atoms with Crippen molar-refractivity contribution in [1.82, 2.24) is 9.80 Å². The minimum Gasteiger partial charge on any atom is -0.381 e. The Morgan fingerprint density at radius 1 is 1.12 bits per heavy atom. The Hall–Kier alpha value is -2.02. The van der Waals surface area contributed by atoms with Gasteiger partial charge in [0.05, 0.1) is 0 Å². The molecule has 2 fully saturated rings. The Morgan fingerprint density at radius 3 is 2.50 bits per heavy atom. The van der Waals surface area contributed by atoms with Crippen LogP contribution in [0.25, 0.3) is 0 Å². The lowest BCUT2D eigenvalue weighted by atomic mass is 9.98. The van der Waals surface area contributed by atoms with Crippen LogP contribution in [0.3, 0.4) is 0 Å². The predicted molar refractivity (Wildman–Crippen MR) is 91.6 cm³/mol. The third-order valence-corrected chi connectivity index (χ3v) is 5.19. The van der Waals surface area contributed by atoms with Crippen molar-refractivity contribution in [3.8, 4) is 0 Å². The molecule has 1 unspecified atom stereocenters. The highest BCUT2D eigenvalue weighted by Gasteiger charge is 2.34. The lowest BCUT2D eigenvalue weighted by molar-refractivity contribution is -0.137. The highest BCUT2D eigenvalue weighted by atomic mass is 19.2. The number of ether oxygens (including phenoxy) is 1. The molecule has 0 aliphatic carbocycles. The zero-order valence-corrected chi connectivity index (χ0v) is 14.9. The van der Waals surface area contributed by atoms with Gasteiger partial charge < -0.3 is 14.5 Å². The quantitative estimate of drug-likeness (QED) is 0.826. The normalized spacial score (nSPS) is 21.5. The molecular formula is C19H24F2N2O3. The summed E-state index contributed by atoms with van der Waals surface area (Å²) in [5, 5.41) is 0. The van der Waals surface area contributed by atoms with E-state index in [2.05, 4.69) is 0 Å². The van der Waals surface area contributed by atoms with Crippen LogP contribution < -0.4 is 0 Å². The second kappa shape index (κ2) is 8.12. The topological polar surface area (TPSA) is 49.9 Å². The monoisotopic (exact) mass is 366 g/mol. The molecule has 142 valence electrons. The van der Waals surface area contributed by atoms with Crippen LogP contribution in [-0.4, -0.2) is 60.0 Å². The number of halogens is 2. The molecule has 0 radical (unpaired) electrons. The van der Waals surface area contributed by atoms with Crippen LogP contribution in [-0.2, 0) is 9.53 Å². The highest BCUT2D eigenvalue weighted by Crippen LogP contribution is 2.24. The molecule has 2 heterocycles. The number of benzene rings is 1. The van der Waals surface area contributed by atoms with Crippen LogP contribution in [0.1, 0.15) is 43.0 Å². The van der Waals surface area contributed by atoms with Crippen LogP contribution in [0.5, 0.6) is 0 Å². The van der Waals surface area contributed by atoms with Gasteiger partial charge in [0.2, 0.25) is 5.91 Å². The van der Waals surface area contributed by atoms with Gasteiger partial charge in [-0.3, -0.25) is 9.59 Å². The molecule has 0 spiro atoms. The SMILES string of the molecule is CC(=O)N(C1CCOCC1)C1CCCN(C(=O)c2ccc(F)c(F)c2)C1. The number of piperidine rings is 1. The number of hydrogen-bond acceptors (Lipinski definition) is 3. The average molecular weight is 366 g/mol. The Balaban J connectivity index is 1.73. The summed E-state index contributed by atoms with van der Waals surface area (Å²) in [6.45, 7) is 3.80. The summed E-state index contributed by atoms with van der Waals surface area (Å²) in [7, 11) is 0. The van der Waals surface area contributed by atoms with Crippen molar-refractivity contribution in [3.63, 3.8) is 0 Å². The standard InChI is InChI=1S/C19H24F2N2O3/c1-13(24)23(15-6-9-26-10-7-15)16-3-2-8-22(12-16)19(25)14-4-5-17(20)18(21)11-14/h4-5,11,15-16H,2-3,6-10,12H2,1H3. The second-order valence-corrected chi connectivity index (χ2v) is 6.95. The van der Waals surface area contributed by atoms with E-state index in [0.717, 1.165) is 37.8 Å². The van der Waals surface area contributed by atoms with Gasteiger partial charge >= 0.3 is 0 Å². The highest BCUT2D eigenvalue weighted by molar-refractivity contribution is 5.94. The maximum atomic E-state index is 13.4. The van der Waals surface area contributed by atoms with Crippen LogP contribution in [0, 0.1) is 11.6 Å². The lowest BCUT2D eigenvalue weighted by Crippen LogP contribution is -2.55. The Bertz CT molecular complexity index is 677. The third-order valence-electron chi connectivity index (χ3n) is 5.19. The molecule has 0 aromatic heterocycles. The number of rotatable bonds is 3. The zero-order chi connectivity index (χ0) is 18.7. The molecule has 26 heavy (non-hydrogen) atoms. The van der Waals surface area contributed by atoms with Gasteiger partial charge in [-0.15, -0.1) is 0 Å². The van der Waals surface area contributed by atoms with Gasteiger partial charge in [-0.1, -0.05) is 0 Å². The molecule has 2 aliphatic heterocycles. The van der Waals surface area contributed by atoms with Gasteiger partial charge in [-0.25, -0.2) is 8.78 Å². The van der Waals surface area contributed by atoms with Gasteiger partial charge in [0.1, 0.15) is 0 Å². The molecular weight excluding hydrogens is 342 g/mol. The predicted octanol–water partition coefficient (Wildman–Crippen LogP) is 2.60. The van der Waals surface area contributed by atoms with Crippen molar-refractivity contribution < 1.29 is 23.1 Å². The maximum absolute atomic E-state index is 13.4. The molecule has 2 aliphatic rings. The van der Waals surface area contributed by atoms with Gasteiger partial charge in [-0.05, 0) is 43.9 Å². The second-order valence-electron chi connectivity index (χ2n) is 6.95. The number of likely N-dealkylation sites (tertiary alicyclic amines) is 1. The van der Waals surface area contributed by atoms with Crippen molar-refractivity contribution in [3.05, 3.63) is 35.4 Å². The fourth-order valence-electron chi connectivity index (χ4n) is 3.95. The van der Waals surface area contributed by atoms with E-state index in [0.29, 0.717) is 26.3 Å². The van der Waals surface area contributed by atoms with E-state index < -0.39 is 11.6 Å². The molecule has 2 saturated heterocycles. The van der Waals surface area contributed by atoms with E-state index in [1.165, 1.54) is 6.07 Å². The van der Waals surface area contributed by atoms with Crippen LogP contribution >= 0.6 is 0 Å². The molecule has 1 aromatic carbocycles. The summed E-state index contributed by atoms with van der Waals surface area (Å²) in [4.78, 5) is 28.5. The molecule has 2 amide bonds. The average Bonchev–Trinajstić information content (AvgIpc) is 2.64. The lowest BCUT2D eigenvalue weighted by Gasteiger charge is -2.44. The van der Waals surface area contributed by atoms with Crippen molar-refractivity contribution in [2.45, 2.75) is 44.7 Å². The molecule has 5 nitrogen and oxygen atoms in total. The number of hydrogen-bond donors (Lipinski definition) is 0. The van der Waals surface area contributed by atoms with Gasteiger partial charge in [-0.2, -0.15) is 0 Å². The number of amides is 2. The van der Waals surface area contributed by atoms with E-state index in [4.69, 9.17) is 4.74 Å². The number of carbonyl (C=O) groups is 2. The molecule has 0 bridgehead atoms. The smallest absolute Gasteiger partial charge is 0.254 e. The van der Waals surface area contributed by atoms with Crippen LogP contribution in [0.2, 0.25) is 0 Å². The third kappa shape index (κ3) is 4.03.